The molecule has 0 aliphatic heterocycles. The second-order valence-electron chi connectivity index (χ2n) is 4.77. The Labute approximate surface area is 127 Å². The lowest BCUT2D eigenvalue weighted by molar-refractivity contribution is 0.336. The van der Waals surface area contributed by atoms with E-state index in [1.807, 2.05) is 31.2 Å². The Morgan fingerprint density at radius 1 is 1.15 bits per heavy atom. The molecule has 0 saturated heterocycles. The number of hydrogen-bond acceptors (Lipinski definition) is 1. The van der Waals surface area contributed by atoms with Crippen LogP contribution in [0.15, 0.2) is 42.5 Å². The van der Waals surface area contributed by atoms with Gasteiger partial charge in [0.05, 0.1) is 6.61 Å². The third-order valence-corrected chi connectivity index (χ3v) is 3.95. The molecule has 0 bridgehead atoms. The lowest BCUT2D eigenvalue weighted by Crippen LogP contribution is -2.01. The van der Waals surface area contributed by atoms with Crippen molar-refractivity contribution in [2.75, 3.05) is 6.61 Å². The van der Waals surface area contributed by atoms with E-state index in [0.29, 0.717) is 6.61 Å². The Hall–Kier alpha value is -1.35. The summed E-state index contributed by atoms with van der Waals surface area (Å²) in [6, 6.07) is 12.8. The van der Waals surface area contributed by atoms with Gasteiger partial charge in [-0.25, -0.2) is 4.39 Å². The zero-order chi connectivity index (χ0) is 14.5. The zero-order valence-electron chi connectivity index (χ0n) is 11.7. The molecular formula is C17H18BrFO. The zero-order valence-corrected chi connectivity index (χ0v) is 13.3. The Bertz CT molecular complexity index is 566. The topological polar surface area (TPSA) is 9.23 Å². The van der Waals surface area contributed by atoms with Crippen LogP contribution < -0.4 is 4.74 Å². The van der Waals surface area contributed by atoms with Crippen molar-refractivity contribution in [1.82, 2.24) is 0 Å². The predicted octanol–water partition coefficient (Wildman–Crippen LogP) is 5.21. The van der Waals surface area contributed by atoms with Crippen LogP contribution in [-0.2, 0) is 6.42 Å². The second kappa shape index (κ2) is 6.89. The highest BCUT2D eigenvalue weighted by atomic mass is 79.9. The number of ether oxygens (including phenoxy) is 1. The van der Waals surface area contributed by atoms with Crippen LogP contribution in [0.5, 0.6) is 5.75 Å². The molecule has 0 heterocycles. The summed E-state index contributed by atoms with van der Waals surface area (Å²) in [5.41, 5.74) is 3.43. The first-order chi connectivity index (χ1) is 9.60. The van der Waals surface area contributed by atoms with Crippen molar-refractivity contribution in [3.8, 4) is 5.75 Å². The van der Waals surface area contributed by atoms with Gasteiger partial charge in [-0.3, -0.25) is 0 Å². The van der Waals surface area contributed by atoms with E-state index in [2.05, 4.69) is 28.9 Å². The first-order valence-electron chi connectivity index (χ1n) is 6.72. The Kier molecular flexibility index (Phi) is 5.18. The number of hydrogen-bond donors (Lipinski definition) is 0. The molecule has 2 rings (SSSR count). The second-order valence-corrected chi connectivity index (χ2v) is 5.88. The summed E-state index contributed by atoms with van der Waals surface area (Å²) in [7, 11) is 0. The monoisotopic (exact) mass is 336 g/mol. The Morgan fingerprint density at radius 2 is 1.85 bits per heavy atom. The van der Waals surface area contributed by atoms with Crippen molar-refractivity contribution < 1.29 is 9.13 Å². The van der Waals surface area contributed by atoms with Gasteiger partial charge in [0.15, 0.2) is 0 Å². The third kappa shape index (κ3) is 3.83. The maximum atomic E-state index is 12.9. The molecule has 3 heteroatoms. The molecule has 2 aromatic carbocycles. The molecule has 0 spiro atoms. The SMILES string of the molecule is CCOc1ccc(C)cc1C(Br)Cc1ccc(F)cc1. The summed E-state index contributed by atoms with van der Waals surface area (Å²) >= 11 is 3.72. The van der Waals surface area contributed by atoms with Crippen molar-refractivity contribution in [1.29, 1.82) is 0 Å². The molecule has 0 amide bonds. The van der Waals surface area contributed by atoms with Crippen LogP contribution in [0, 0.1) is 12.7 Å². The molecule has 0 radical (unpaired) electrons. The van der Waals surface area contributed by atoms with Gasteiger partial charge in [-0.05, 0) is 44.0 Å². The maximum Gasteiger partial charge on any atom is 0.123 e. The molecular weight excluding hydrogens is 319 g/mol. The van der Waals surface area contributed by atoms with Gasteiger partial charge in [0.2, 0.25) is 0 Å². The van der Waals surface area contributed by atoms with E-state index in [-0.39, 0.29) is 10.6 Å². The quantitative estimate of drug-likeness (QED) is 0.681. The molecule has 0 fully saturated rings. The lowest BCUT2D eigenvalue weighted by Gasteiger charge is -2.16. The van der Waals surface area contributed by atoms with Gasteiger partial charge >= 0.3 is 0 Å². The fraction of sp³-hybridized carbons (Fsp3) is 0.294. The number of rotatable bonds is 5. The summed E-state index contributed by atoms with van der Waals surface area (Å²) in [5, 5.41) is 0. The van der Waals surface area contributed by atoms with Crippen LogP contribution in [0.3, 0.4) is 0 Å². The van der Waals surface area contributed by atoms with Crippen LogP contribution in [0.1, 0.15) is 28.4 Å². The third-order valence-electron chi connectivity index (χ3n) is 3.13. The van der Waals surface area contributed by atoms with Crippen molar-refractivity contribution in [2.24, 2.45) is 0 Å². The molecule has 2 aromatic rings. The fourth-order valence-corrected chi connectivity index (χ4v) is 2.87. The molecule has 1 nitrogen and oxygen atoms in total. The summed E-state index contributed by atoms with van der Waals surface area (Å²) in [6.45, 7) is 4.69. The van der Waals surface area contributed by atoms with Gasteiger partial charge in [0.25, 0.3) is 0 Å². The average Bonchev–Trinajstić information content (AvgIpc) is 2.43. The van der Waals surface area contributed by atoms with Crippen molar-refractivity contribution in [3.05, 3.63) is 65.0 Å². The van der Waals surface area contributed by atoms with Crippen molar-refractivity contribution >= 4 is 15.9 Å². The number of aryl methyl sites for hydroxylation is 1. The van der Waals surface area contributed by atoms with Crippen LogP contribution in [0.2, 0.25) is 0 Å². The van der Waals surface area contributed by atoms with Crippen LogP contribution >= 0.6 is 15.9 Å². The van der Waals surface area contributed by atoms with Gasteiger partial charge in [0.1, 0.15) is 11.6 Å². The maximum absolute atomic E-state index is 12.9. The molecule has 0 aliphatic rings. The number of halogens is 2. The van der Waals surface area contributed by atoms with E-state index in [9.17, 15) is 4.39 Å². The molecule has 1 atom stereocenters. The minimum Gasteiger partial charge on any atom is -0.494 e. The highest BCUT2D eigenvalue weighted by molar-refractivity contribution is 9.09. The van der Waals surface area contributed by atoms with E-state index < -0.39 is 0 Å². The summed E-state index contributed by atoms with van der Waals surface area (Å²) in [5.74, 6) is 0.701. The molecule has 0 aromatic heterocycles. The van der Waals surface area contributed by atoms with Crippen LogP contribution in [0.4, 0.5) is 4.39 Å². The molecule has 0 N–H and O–H groups in total. The predicted molar refractivity (Wildman–Crippen MR) is 84.1 cm³/mol. The molecule has 0 aliphatic carbocycles. The van der Waals surface area contributed by atoms with Crippen molar-refractivity contribution in [2.45, 2.75) is 25.1 Å². The van der Waals surface area contributed by atoms with Gasteiger partial charge < -0.3 is 4.74 Å². The Balaban J connectivity index is 2.21. The van der Waals surface area contributed by atoms with E-state index in [4.69, 9.17) is 4.74 Å². The largest absolute Gasteiger partial charge is 0.494 e. The highest BCUT2D eigenvalue weighted by Gasteiger charge is 2.14. The first-order valence-corrected chi connectivity index (χ1v) is 7.63. The summed E-state index contributed by atoms with van der Waals surface area (Å²) < 4.78 is 18.6. The number of benzene rings is 2. The molecule has 1 unspecified atom stereocenters. The van der Waals surface area contributed by atoms with E-state index in [1.54, 1.807) is 0 Å². The molecule has 20 heavy (non-hydrogen) atoms. The van der Waals surface area contributed by atoms with E-state index in [1.165, 1.54) is 17.7 Å². The summed E-state index contributed by atoms with van der Waals surface area (Å²) in [6.07, 6.45) is 0.795. The molecule has 106 valence electrons. The fourth-order valence-electron chi connectivity index (χ4n) is 2.14. The minimum absolute atomic E-state index is 0.148. The Morgan fingerprint density at radius 3 is 2.50 bits per heavy atom. The average molecular weight is 337 g/mol. The molecule has 0 saturated carbocycles. The highest BCUT2D eigenvalue weighted by Crippen LogP contribution is 2.34. The number of alkyl halides is 1. The van der Waals surface area contributed by atoms with Gasteiger partial charge in [0, 0.05) is 10.4 Å². The van der Waals surface area contributed by atoms with E-state index in [0.717, 1.165) is 23.3 Å². The van der Waals surface area contributed by atoms with E-state index >= 15 is 0 Å². The van der Waals surface area contributed by atoms with Gasteiger partial charge in [-0.1, -0.05) is 45.8 Å². The van der Waals surface area contributed by atoms with Crippen LogP contribution in [-0.4, -0.2) is 6.61 Å². The lowest BCUT2D eigenvalue weighted by atomic mass is 10.0. The smallest absolute Gasteiger partial charge is 0.123 e. The van der Waals surface area contributed by atoms with Crippen molar-refractivity contribution in [3.63, 3.8) is 0 Å². The normalized spacial score (nSPS) is 12.2. The van der Waals surface area contributed by atoms with Crippen LogP contribution in [0.25, 0.3) is 0 Å². The standard InChI is InChI=1S/C17H18BrFO/c1-3-20-17-9-4-12(2)10-15(17)16(18)11-13-5-7-14(19)8-6-13/h4-10,16H,3,11H2,1-2H3. The van der Waals surface area contributed by atoms with Gasteiger partial charge in [-0.15, -0.1) is 0 Å². The minimum atomic E-state index is -0.203. The summed E-state index contributed by atoms with van der Waals surface area (Å²) in [4.78, 5) is 0.148. The van der Waals surface area contributed by atoms with Gasteiger partial charge in [-0.2, -0.15) is 0 Å². The first kappa shape index (κ1) is 15.0.